The van der Waals surface area contributed by atoms with Crippen LogP contribution in [0.3, 0.4) is 0 Å². The SMILES string of the molecule is CC1CCC(CNc2ccc(C#N)c(F)c2)CC1. The van der Waals surface area contributed by atoms with E-state index in [0.29, 0.717) is 5.92 Å². The summed E-state index contributed by atoms with van der Waals surface area (Å²) in [6.45, 7) is 3.21. The van der Waals surface area contributed by atoms with Crippen LogP contribution in [-0.2, 0) is 0 Å². The van der Waals surface area contributed by atoms with Gasteiger partial charge in [0.1, 0.15) is 11.9 Å². The monoisotopic (exact) mass is 246 g/mol. The third-order valence-corrected chi connectivity index (χ3v) is 3.82. The van der Waals surface area contributed by atoms with E-state index in [9.17, 15) is 4.39 Å². The van der Waals surface area contributed by atoms with Gasteiger partial charge in [0.2, 0.25) is 0 Å². The maximum atomic E-state index is 13.4. The van der Waals surface area contributed by atoms with Crippen LogP contribution in [0.4, 0.5) is 10.1 Å². The molecule has 0 bridgehead atoms. The number of halogens is 1. The second-order valence-corrected chi connectivity index (χ2v) is 5.31. The molecule has 3 heteroatoms. The van der Waals surface area contributed by atoms with Crippen molar-refractivity contribution in [2.45, 2.75) is 32.6 Å². The molecule has 0 spiro atoms. The third-order valence-electron chi connectivity index (χ3n) is 3.82. The van der Waals surface area contributed by atoms with Crippen LogP contribution in [0.25, 0.3) is 0 Å². The maximum Gasteiger partial charge on any atom is 0.143 e. The van der Waals surface area contributed by atoms with E-state index in [1.165, 1.54) is 37.8 Å². The first-order chi connectivity index (χ1) is 8.69. The highest BCUT2D eigenvalue weighted by atomic mass is 19.1. The minimum atomic E-state index is -0.445. The highest BCUT2D eigenvalue weighted by Gasteiger charge is 2.17. The van der Waals surface area contributed by atoms with Gasteiger partial charge in [0.25, 0.3) is 0 Å². The summed E-state index contributed by atoms with van der Waals surface area (Å²) in [6, 6.07) is 6.54. The van der Waals surface area contributed by atoms with Gasteiger partial charge in [-0.15, -0.1) is 0 Å². The van der Waals surface area contributed by atoms with Crippen LogP contribution < -0.4 is 5.32 Å². The first kappa shape index (κ1) is 12.9. The first-order valence-corrected chi connectivity index (χ1v) is 6.62. The van der Waals surface area contributed by atoms with Gasteiger partial charge in [0, 0.05) is 12.2 Å². The van der Waals surface area contributed by atoms with E-state index in [1.54, 1.807) is 6.07 Å². The van der Waals surface area contributed by atoms with Gasteiger partial charge >= 0.3 is 0 Å². The fourth-order valence-corrected chi connectivity index (χ4v) is 2.51. The average Bonchev–Trinajstić information content (AvgIpc) is 2.38. The van der Waals surface area contributed by atoms with Crippen molar-refractivity contribution in [2.75, 3.05) is 11.9 Å². The molecule has 1 saturated carbocycles. The van der Waals surface area contributed by atoms with Gasteiger partial charge in [-0.25, -0.2) is 4.39 Å². The second kappa shape index (κ2) is 5.86. The van der Waals surface area contributed by atoms with Crippen molar-refractivity contribution in [3.8, 4) is 6.07 Å². The van der Waals surface area contributed by atoms with Crippen LogP contribution in [-0.4, -0.2) is 6.54 Å². The Morgan fingerprint density at radius 1 is 1.33 bits per heavy atom. The van der Waals surface area contributed by atoms with Gasteiger partial charge in [-0.05, 0) is 42.9 Å². The fourth-order valence-electron chi connectivity index (χ4n) is 2.51. The van der Waals surface area contributed by atoms with Crippen LogP contribution >= 0.6 is 0 Å². The van der Waals surface area contributed by atoms with E-state index in [4.69, 9.17) is 5.26 Å². The Bertz CT molecular complexity index is 442. The van der Waals surface area contributed by atoms with Gasteiger partial charge < -0.3 is 5.32 Å². The van der Waals surface area contributed by atoms with Crippen molar-refractivity contribution in [2.24, 2.45) is 11.8 Å². The molecule has 96 valence electrons. The van der Waals surface area contributed by atoms with Crippen LogP contribution in [0.2, 0.25) is 0 Å². The van der Waals surface area contributed by atoms with Gasteiger partial charge in [0.15, 0.2) is 0 Å². The molecule has 1 aliphatic carbocycles. The standard InChI is InChI=1S/C15H19FN2/c1-11-2-4-12(5-3-11)10-18-14-7-6-13(9-17)15(16)8-14/h6-8,11-12,18H,2-5,10H2,1H3. The Labute approximate surface area is 108 Å². The van der Waals surface area contributed by atoms with Crippen molar-refractivity contribution in [3.05, 3.63) is 29.6 Å². The quantitative estimate of drug-likeness (QED) is 0.877. The van der Waals surface area contributed by atoms with Crippen LogP contribution in [0.15, 0.2) is 18.2 Å². The second-order valence-electron chi connectivity index (χ2n) is 5.31. The van der Waals surface area contributed by atoms with Crippen LogP contribution in [0.5, 0.6) is 0 Å². The molecular weight excluding hydrogens is 227 g/mol. The van der Waals surface area contributed by atoms with Gasteiger partial charge in [-0.1, -0.05) is 19.8 Å². The zero-order valence-corrected chi connectivity index (χ0v) is 10.7. The number of nitriles is 1. The molecule has 2 nitrogen and oxygen atoms in total. The molecule has 0 radical (unpaired) electrons. The van der Waals surface area contributed by atoms with E-state index < -0.39 is 5.82 Å². The van der Waals surface area contributed by atoms with Gasteiger partial charge in [0.05, 0.1) is 5.56 Å². The molecule has 1 fully saturated rings. The number of hydrogen-bond acceptors (Lipinski definition) is 2. The molecule has 1 aromatic carbocycles. The number of nitrogens with zero attached hydrogens (tertiary/aromatic N) is 1. The molecule has 0 aliphatic heterocycles. The zero-order chi connectivity index (χ0) is 13.0. The molecule has 0 aromatic heterocycles. The molecule has 0 heterocycles. The fraction of sp³-hybridized carbons (Fsp3) is 0.533. The van der Waals surface area contributed by atoms with Crippen molar-refractivity contribution in [3.63, 3.8) is 0 Å². The summed E-state index contributed by atoms with van der Waals surface area (Å²) < 4.78 is 13.4. The minimum absolute atomic E-state index is 0.104. The molecule has 1 aliphatic rings. The van der Waals surface area contributed by atoms with Crippen molar-refractivity contribution < 1.29 is 4.39 Å². The molecule has 1 aromatic rings. The van der Waals surface area contributed by atoms with E-state index in [0.717, 1.165) is 18.2 Å². The maximum absolute atomic E-state index is 13.4. The molecule has 0 atom stereocenters. The van der Waals surface area contributed by atoms with Crippen LogP contribution in [0, 0.1) is 29.0 Å². The predicted octanol–water partition coefficient (Wildman–Crippen LogP) is 3.94. The van der Waals surface area contributed by atoms with Crippen molar-refractivity contribution >= 4 is 5.69 Å². The summed E-state index contributed by atoms with van der Waals surface area (Å²) in [7, 11) is 0. The lowest BCUT2D eigenvalue weighted by Crippen LogP contribution is -2.20. The summed E-state index contributed by atoms with van der Waals surface area (Å²) in [5.74, 6) is 1.10. The molecule has 1 N–H and O–H groups in total. The third kappa shape index (κ3) is 3.22. The van der Waals surface area contributed by atoms with E-state index in [-0.39, 0.29) is 5.56 Å². The smallest absolute Gasteiger partial charge is 0.143 e. The van der Waals surface area contributed by atoms with Gasteiger partial charge in [-0.3, -0.25) is 0 Å². The summed E-state index contributed by atoms with van der Waals surface area (Å²) in [6.07, 6.45) is 5.11. The molecular formula is C15H19FN2. The number of anilines is 1. The average molecular weight is 246 g/mol. The van der Waals surface area contributed by atoms with Crippen molar-refractivity contribution in [1.29, 1.82) is 5.26 Å². The zero-order valence-electron chi connectivity index (χ0n) is 10.7. The number of benzene rings is 1. The highest BCUT2D eigenvalue weighted by Crippen LogP contribution is 2.28. The van der Waals surface area contributed by atoms with E-state index >= 15 is 0 Å². The first-order valence-electron chi connectivity index (χ1n) is 6.62. The lowest BCUT2D eigenvalue weighted by Gasteiger charge is -2.26. The Kier molecular flexibility index (Phi) is 4.19. The van der Waals surface area contributed by atoms with Gasteiger partial charge in [-0.2, -0.15) is 5.26 Å². The normalized spacial score (nSPS) is 23.4. The largest absolute Gasteiger partial charge is 0.385 e. The topological polar surface area (TPSA) is 35.8 Å². The highest BCUT2D eigenvalue weighted by molar-refractivity contribution is 5.48. The summed E-state index contributed by atoms with van der Waals surface area (Å²) in [5, 5.41) is 11.9. The number of rotatable bonds is 3. The Morgan fingerprint density at radius 2 is 2.06 bits per heavy atom. The molecule has 2 rings (SSSR count). The van der Waals surface area contributed by atoms with Crippen LogP contribution in [0.1, 0.15) is 38.2 Å². The Morgan fingerprint density at radius 3 is 2.67 bits per heavy atom. The Balaban J connectivity index is 1.87. The lowest BCUT2D eigenvalue weighted by molar-refractivity contribution is 0.300. The molecule has 18 heavy (non-hydrogen) atoms. The molecule has 0 unspecified atom stereocenters. The van der Waals surface area contributed by atoms with E-state index in [1.807, 2.05) is 6.07 Å². The summed E-state index contributed by atoms with van der Waals surface area (Å²) in [4.78, 5) is 0. The molecule has 0 saturated heterocycles. The minimum Gasteiger partial charge on any atom is -0.385 e. The number of nitrogens with one attached hydrogen (secondary N) is 1. The summed E-state index contributed by atoms with van der Waals surface area (Å²) in [5.41, 5.74) is 0.872. The number of hydrogen-bond donors (Lipinski definition) is 1. The van der Waals surface area contributed by atoms with E-state index in [2.05, 4.69) is 12.2 Å². The Hall–Kier alpha value is -1.56. The van der Waals surface area contributed by atoms with Crippen molar-refractivity contribution in [1.82, 2.24) is 0 Å². The predicted molar refractivity (Wildman–Crippen MR) is 70.7 cm³/mol. The molecule has 0 amide bonds. The lowest BCUT2D eigenvalue weighted by atomic mass is 9.83. The summed E-state index contributed by atoms with van der Waals surface area (Å²) >= 11 is 0.